The first-order chi connectivity index (χ1) is 7.74. The molecule has 2 aromatic rings. The molecule has 2 heterocycles. The fourth-order valence-corrected chi connectivity index (χ4v) is 3.52. The van der Waals surface area contributed by atoms with Gasteiger partial charge in [0.2, 0.25) is 0 Å². The highest BCUT2D eigenvalue weighted by Gasteiger charge is 2.09. The Morgan fingerprint density at radius 3 is 2.50 bits per heavy atom. The highest BCUT2D eigenvalue weighted by Crippen LogP contribution is 2.36. The summed E-state index contributed by atoms with van der Waals surface area (Å²) in [5, 5.41) is 8.79. The summed E-state index contributed by atoms with van der Waals surface area (Å²) in [6.45, 7) is 4.47. The molecule has 0 radical (unpaired) electrons. The lowest BCUT2D eigenvalue weighted by atomic mass is 10.1. The minimum Gasteiger partial charge on any atom is -0.192 e. The minimum atomic E-state index is 0.633. The van der Waals surface area contributed by atoms with E-state index in [0.717, 1.165) is 4.88 Å². The van der Waals surface area contributed by atoms with Crippen LogP contribution in [-0.2, 0) is 0 Å². The van der Waals surface area contributed by atoms with E-state index in [-0.39, 0.29) is 0 Å². The Bertz CT molecular complexity index is 516. The van der Waals surface area contributed by atoms with Crippen molar-refractivity contribution in [2.24, 2.45) is 0 Å². The molecule has 82 valence electrons. The Labute approximate surface area is 104 Å². The third-order valence-electron chi connectivity index (χ3n) is 2.68. The van der Waals surface area contributed by atoms with Crippen molar-refractivity contribution in [1.82, 2.24) is 0 Å². The maximum absolute atomic E-state index is 8.79. The molecular formula is C13H13NS2. The zero-order chi connectivity index (χ0) is 11.5. The normalized spacial score (nSPS) is 12.3. The Morgan fingerprint density at radius 1 is 1.19 bits per heavy atom. The van der Waals surface area contributed by atoms with Crippen LogP contribution < -0.4 is 0 Å². The lowest BCUT2D eigenvalue weighted by Crippen LogP contribution is -1.84. The van der Waals surface area contributed by atoms with Crippen LogP contribution in [0.3, 0.4) is 0 Å². The fourth-order valence-electron chi connectivity index (χ4n) is 1.48. The summed E-state index contributed by atoms with van der Waals surface area (Å²) in [6.07, 6.45) is 1.17. The van der Waals surface area contributed by atoms with Crippen LogP contribution >= 0.6 is 22.7 Å². The zero-order valence-corrected chi connectivity index (χ0v) is 11.0. The van der Waals surface area contributed by atoms with Gasteiger partial charge in [0.1, 0.15) is 10.9 Å². The van der Waals surface area contributed by atoms with Gasteiger partial charge in [-0.2, -0.15) is 5.26 Å². The van der Waals surface area contributed by atoms with Crippen LogP contribution in [-0.4, -0.2) is 0 Å². The summed E-state index contributed by atoms with van der Waals surface area (Å²) in [7, 11) is 0. The van der Waals surface area contributed by atoms with Crippen LogP contribution in [0.4, 0.5) is 0 Å². The second-order valence-electron chi connectivity index (χ2n) is 3.79. The Morgan fingerprint density at radius 2 is 1.88 bits per heavy atom. The van der Waals surface area contributed by atoms with Crippen LogP contribution in [0.25, 0.3) is 9.75 Å². The summed E-state index contributed by atoms with van der Waals surface area (Å²) in [5.74, 6) is 0.633. The smallest absolute Gasteiger partial charge is 0.110 e. The van der Waals surface area contributed by atoms with Gasteiger partial charge in [-0.25, -0.2) is 0 Å². The van der Waals surface area contributed by atoms with Gasteiger partial charge in [-0.1, -0.05) is 13.8 Å². The largest absolute Gasteiger partial charge is 0.192 e. The van der Waals surface area contributed by atoms with Crippen LogP contribution in [0.1, 0.15) is 35.9 Å². The fraction of sp³-hybridized carbons (Fsp3) is 0.308. The molecule has 0 fully saturated rings. The maximum Gasteiger partial charge on any atom is 0.110 e. The van der Waals surface area contributed by atoms with Gasteiger partial charge in [-0.15, -0.1) is 22.7 Å². The lowest BCUT2D eigenvalue weighted by molar-refractivity contribution is 0.748. The van der Waals surface area contributed by atoms with Gasteiger partial charge in [0.25, 0.3) is 0 Å². The average molecular weight is 247 g/mol. The number of nitriles is 1. The van der Waals surface area contributed by atoms with Crippen molar-refractivity contribution in [1.29, 1.82) is 5.26 Å². The molecule has 0 bridgehead atoms. The van der Waals surface area contributed by atoms with Crippen molar-refractivity contribution in [3.8, 4) is 15.8 Å². The number of hydrogen-bond acceptors (Lipinski definition) is 3. The summed E-state index contributed by atoms with van der Waals surface area (Å²) in [5.41, 5.74) is 0. The van der Waals surface area contributed by atoms with Crippen molar-refractivity contribution in [3.05, 3.63) is 34.0 Å². The van der Waals surface area contributed by atoms with E-state index in [2.05, 4.69) is 32.0 Å². The van der Waals surface area contributed by atoms with Gasteiger partial charge in [-0.05, 0) is 36.6 Å². The number of thiophene rings is 2. The van der Waals surface area contributed by atoms with E-state index in [0.29, 0.717) is 5.92 Å². The molecule has 0 aliphatic carbocycles. The van der Waals surface area contributed by atoms with Gasteiger partial charge in [0.05, 0.1) is 0 Å². The molecule has 3 heteroatoms. The van der Waals surface area contributed by atoms with Crippen molar-refractivity contribution in [2.75, 3.05) is 0 Å². The molecule has 0 aromatic carbocycles. The summed E-state index contributed by atoms with van der Waals surface area (Å²) < 4.78 is 0. The Kier molecular flexibility index (Phi) is 3.42. The van der Waals surface area contributed by atoms with Gasteiger partial charge in [-0.3, -0.25) is 0 Å². The Balaban J connectivity index is 2.28. The monoisotopic (exact) mass is 247 g/mol. The Hall–Kier alpha value is -1.11. The van der Waals surface area contributed by atoms with E-state index in [1.54, 1.807) is 11.3 Å². The molecule has 1 unspecified atom stereocenters. The van der Waals surface area contributed by atoms with Gasteiger partial charge in [0.15, 0.2) is 0 Å². The third kappa shape index (κ3) is 2.18. The van der Waals surface area contributed by atoms with Crippen molar-refractivity contribution in [2.45, 2.75) is 26.2 Å². The molecule has 0 N–H and O–H groups in total. The molecular weight excluding hydrogens is 234 g/mol. The second-order valence-corrected chi connectivity index (χ2v) is 5.99. The molecule has 0 aliphatic rings. The first-order valence-electron chi connectivity index (χ1n) is 5.34. The molecule has 0 aliphatic heterocycles. The molecule has 16 heavy (non-hydrogen) atoms. The highest BCUT2D eigenvalue weighted by molar-refractivity contribution is 7.22. The molecule has 0 spiro atoms. The number of rotatable bonds is 3. The van der Waals surface area contributed by atoms with Crippen LogP contribution in [0.5, 0.6) is 0 Å². The van der Waals surface area contributed by atoms with E-state index in [9.17, 15) is 0 Å². The summed E-state index contributed by atoms with van der Waals surface area (Å²) >= 11 is 3.41. The molecule has 0 saturated carbocycles. The van der Waals surface area contributed by atoms with Crippen molar-refractivity contribution >= 4 is 22.7 Å². The number of nitrogens with zero attached hydrogens (tertiary/aromatic N) is 1. The maximum atomic E-state index is 8.79. The van der Waals surface area contributed by atoms with E-state index < -0.39 is 0 Å². The molecule has 1 nitrogen and oxygen atoms in total. The van der Waals surface area contributed by atoms with Crippen LogP contribution in [0.15, 0.2) is 24.3 Å². The molecule has 2 rings (SSSR count). The lowest BCUT2D eigenvalue weighted by Gasteiger charge is -2.02. The van der Waals surface area contributed by atoms with Gasteiger partial charge < -0.3 is 0 Å². The predicted octanol–water partition coefficient (Wildman–Crippen LogP) is 4.86. The first-order valence-corrected chi connectivity index (χ1v) is 6.98. The van der Waals surface area contributed by atoms with E-state index in [1.165, 1.54) is 21.1 Å². The predicted molar refractivity (Wildman–Crippen MR) is 71.1 cm³/mol. The quantitative estimate of drug-likeness (QED) is 0.759. The summed E-state index contributed by atoms with van der Waals surface area (Å²) in [6, 6.07) is 10.5. The zero-order valence-electron chi connectivity index (χ0n) is 9.36. The van der Waals surface area contributed by atoms with Crippen LogP contribution in [0.2, 0.25) is 0 Å². The van der Waals surface area contributed by atoms with Gasteiger partial charge >= 0.3 is 0 Å². The molecule has 0 amide bonds. The van der Waals surface area contributed by atoms with Crippen LogP contribution in [0, 0.1) is 11.3 Å². The van der Waals surface area contributed by atoms with Crippen molar-refractivity contribution in [3.63, 3.8) is 0 Å². The third-order valence-corrected chi connectivity index (χ3v) is 5.19. The highest BCUT2D eigenvalue weighted by atomic mass is 32.1. The minimum absolute atomic E-state index is 0.633. The van der Waals surface area contributed by atoms with Gasteiger partial charge in [0, 0.05) is 14.6 Å². The van der Waals surface area contributed by atoms with E-state index >= 15 is 0 Å². The average Bonchev–Trinajstić information content (AvgIpc) is 2.95. The second kappa shape index (κ2) is 4.82. The molecule has 1 atom stereocenters. The SMILES string of the molecule is CCC(C)c1ccc(-c2ccc(C#N)s2)s1. The van der Waals surface area contributed by atoms with E-state index in [1.807, 2.05) is 23.5 Å². The first kappa shape index (κ1) is 11.4. The number of hydrogen-bond donors (Lipinski definition) is 0. The molecule has 0 saturated heterocycles. The topological polar surface area (TPSA) is 23.8 Å². The van der Waals surface area contributed by atoms with Crippen molar-refractivity contribution < 1.29 is 0 Å². The standard InChI is InChI=1S/C13H13NS2/c1-3-9(2)11-6-7-13(16-11)12-5-4-10(8-14)15-12/h4-7,9H,3H2,1-2H3. The molecule has 2 aromatic heterocycles. The summed E-state index contributed by atoms with van der Waals surface area (Å²) in [4.78, 5) is 4.70. The van der Waals surface area contributed by atoms with E-state index in [4.69, 9.17) is 5.26 Å².